The maximum absolute atomic E-state index is 11.4. The van der Waals surface area contributed by atoms with E-state index in [9.17, 15) is 13.5 Å². The Hall–Kier alpha value is -0.0900. The second kappa shape index (κ2) is 3.81. The van der Waals surface area contributed by atoms with Gasteiger partial charge in [-0.3, -0.25) is 0 Å². The van der Waals surface area contributed by atoms with Gasteiger partial charge >= 0.3 is 0 Å². The zero-order chi connectivity index (χ0) is 11.0. The van der Waals surface area contributed by atoms with Gasteiger partial charge < -0.3 is 5.11 Å². The molecule has 0 heterocycles. The van der Waals surface area contributed by atoms with E-state index in [-0.39, 0.29) is 0 Å². The molecule has 0 spiro atoms. The van der Waals surface area contributed by atoms with Crippen molar-refractivity contribution in [3.63, 3.8) is 0 Å². The van der Waals surface area contributed by atoms with Gasteiger partial charge in [-0.05, 0) is 32.6 Å². The monoisotopic (exact) mass is 220 g/mol. The molecular weight excluding hydrogens is 200 g/mol. The predicted octanol–water partition coefficient (Wildman–Crippen LogP) is 1.36. The summed E-state index contributed by atoms with van der Waals surface area (Å²) in [5.74, 6) is 0.736. The molecule has 1 saturated carbocycles. The normalized spacial score (nSPS) is 20.9. The van der Waals surface area contributed by atoms with E-state index in [1.54, 1.807) is 13.8 Å². The van der Waals surface area contributed by atoms with Crippen molar-refractivity contribution < 1.29 is 13.5 Å². The van der Waals surface area contributed by atoms with E-state index in [0.717, 1.165) is 12.3 Å². The van der Waals surface area contributed by atoms with Crippen LogP contribution in [0.15, 0.2) is 0 Å². The minimum atomic E-state index is -3.18. The highest BCUT2D eigenvalue weighted by molar-refractivity contribution is 7.92. The van der Waals surface area contributed by atoms with Gasteiger partial charge in [0.05, 0.1) is 10.9 Å². The largest absolute Gasteiger partial charge is 0.392 e. The second-order valence-electron chi connectivity index (χ2n) is 4.91. The fourth-order valence-electron chi connectivity index (χ4n) is 1.39. The van der Waals surface area contributed by atoms with Gasteiger partial charge in [-0.15, -0.1) is 0 Å². The maximum Gasteiger partial charge on any atom is 0.155 e. The van der Waals surface area contributed by atoms with Crippen LogP contribution in [0.2, 0.25) is 0 Å². The molecule has 0 saturated heterocycles. The Morgan fingerprint density at radius 2 is 1.93 bits per heavy atom. The van der Waals surface area contributed by atoms with Gasteiger partial charge in [0.1, 0.15) is 0 Å². The summed E-state index contributed by atoms with van der Waals surface area (Å²) in [4.78, 5) is 0. The van der Waals surface area contributed by atoms with Crippen LogP contribution in [0.5, 0.6) is 0 Å². The number of aliphatic hydroxyl groups is 1. The summed E-state index contributed by atoms with van der Waals surface area (Å²) in [5.41, 5.74) is 0. The lowest BCUT2D eigenvalue weighted by Gasteiger charge is -2.28. The molecule has 0 aromatic carbocycles. The van der Waals surface area contributed by atoms with Gasteiger partial charge in [-0.2, -0.15) is 0 Å². The number of rotatable bonds is 5. The van der Waals surface area contributed by atoms with Gasteiger partial charge in [0.15, 0.2) is 9.84 Å². The standard InChI is InChI=1S/C10H20O3S/c1-10(2,14(3,12)13)9(11)7-6-8-4-5-8/h8-9,11H,4-7H2,1-3H3. The zero-order valence-corrected chi connectivity index (χ0v) is 9.97. The van der Waals surface area contributed by atoms with Crippen molar-refractivity contribution in [2.24, 2.45) is 5.92 Å². The Bertz CT molecular complexity index is 288. The molecule has 0 bridgehead atoms. The van der Waals surface area contributed by atoms with Gasteiger partial charge in [-0.1, -0.05) is 12.8 Å². The lowest BCUT2D eigenvalue weighted by molar-refractivity contribution is 0.124. The summed E-state index contributed by atoms with van der Waals surface area (Å²) in [6, 6.07) is 0. The van der Waals surface area contributed by atoms with Crippen LogP contribution in [0.1, 0.15) is 39.5 Å². The number of aliphatic hydroxyl groups excluding tert-OH is 1. The highest BCUT2D eigenvalue weighted by Crippen LogP contribution is 2.35. The minimum Gasteiger partial charge on any atom is -0.392 e. The SMILES string of the molecule is CC(C)(C(O)CCC1CC1)S(C)(=O)=O. The second-order valence-corrected chi connectivity index (χ2v) is 7.51. The predicted molar refractivity (Wildman–Crippen MR) is 56.9 cm³/mol. The van der Waals surface area contributed by atoms with Crippen LogP contribution in [-0.4, -0.2) is 30.6 Å². The molecule has 1 rings (SSSR count). The number of hydrogen-bond acceptors (Lipinski definition) is 3. The molecule has 0 radical (unpaired) electrons. The van der Waals surface area contributed by atoms with Gasteiger partial charge in [-0.25, -0.2) is 8.42 Å². The first-order valence-corrected chi connectivity index (χ1v) is 7.02. The molecule has 0 amide bonds. The van der Waals surface area contributed by atoms with E-state index in [1.165, 1.54) is 19.1 Å². The Labute approximate surface area is 86.4 Å². The van der Waals surface area contributed by atoms with E-state index >= 15 is 0 Å². The van der Waals surface area contributed by atoms with E-state index in [1.807, 2.05) is 0 Å². The Morgan fingerprint density at radius 1 is 1.43 bits per heavy atom. The first-order valence-electron chi connectivity index (χ1n) is 5.13. The topological polar surface area (TPSA) is 54.4 Å². The fourth-order valence-corrected chi connectivity index (χ4v) is 2.01. The van der Waals surface area contributed by atoms with Crippen molar-refractivity contribution in [3.8, 4) is 0 Å². The molecule has 14 heavy (non-hydrogen) atoms. The van der Waals surface area contributed by atoms with Crippen LogP contribution in [-0.2, 0) is 9.84 Å². The molecular formula is C10H20O3S. The van der Waals surface area contributed by atoms with Crippen molar-refractivity contribution in [1.82, 2.24) is 0 Å². The van der Waals surface area contributed by atoms with Gasteiger partial charge in [0.25, 0.3) is 0 Å². The molecule has 1 unspecified atom stereocenters. The summed E-state index contributed by atoms with van der Waals surface area (Å²) in [6.07, 6.45) is 4.49. The lowest BCUT2D eigenvalue weighted by atomic mass is 10.00. The third kappa shape index (κ3) is 2.70. The fraction of sp³-hybridized carbons (Fsp3) is 1.00. The number of hydrogen-bond donors (Lipinski definition) is 1. The summed E-state index contributed by atoms with van der Waals surface area (Å²) in [7, 11) is -3.18. The first-order chi connectivity index (χ1) is 6.25. The quantitative estimate of drug-likeness (QED) is 0.761. The van der Waals surface area contributed by atoms with Crippen LogP contribution >= 0.6 is 0 Å². The average molecular weight is 220 g/mol. The van der Waals surface area contributed by atoms with E-state index < -0.39 is 20.7 Å². The molecule has 0 aromatic heterocycles. The highest BCUT2D eigenvalue weighted by atomic mass is 32.2. The van der Waals surface area contributed by atoms with E-state index in [4.69, 9.17) is 0 Å². The summed E-state index contributed by atoms with van der Waals surface area (Å²) in [6.45, 7) is 3.19. The third-order valence-electron chi connectivity index (χ3n) is 3.30. The lowest BCUT2D eigenvalue weighted by Crippen LogP contribution is -2.43. The third-order valence-corrected chi connectivity index (χ3v) is 5.49. The van der Waals surface area contributed by atoms with Crippen molar-refractivity contribution in [2.75, 3.05) is 6.26 Å². The number of sulfone groups is 1. The van der Waals surface area contributed by atoms with Crippen LogP contribution in [0, 0.1) is 5.92 Å². The van der Waals surface area contributed by atoms with Crippen LogP contribution in [0.25, 0.3) is 0 Å². The van der Waals surface area contributed by atoms with Crippen molar-refractivity contribution >= 4 is 9.84 Å². The minimum absolute atomic E-state index is 0.602. The van der Waals surface area contributed by atoms with Crippen molar-refractivity contribution in [3.05, 3.63) is 0 Å². The molecule has 84 valence electrons. The highest BCUT2D eigenvalue weighted by Gasteiger charge is 2.38. The molecule has 0 aliphatic heterocycles. The van der Waals surface area contributed by atoms with Gasteiger partial charge in [0, 0.05) is 6.26 Å². The molecule has 4 heteroatoms. The van der Waals surface area contributed by atoms with Crippen molar-refractivity contribution in [2.45, 2.75) is 50.4 Å². The first kappa shape index (κ1) is 12.0. The van der Waals surface area contributed by atoms with Gasteiger partial charge in [0.2, 0.25) is 0 Å². The molecule has 1 N–H and O–H groups in total. The van der Waals surface area contributed by atoms with Crippen LogP contribution in [0.3, 0.4) is 0 Å². The smallest absolute Gasteiger partial charge is 0.155 e. The maximum atomic E-state index is 11.4. The molecule has 0 aromatic rings. The molecule has 1 atom stereocenters. The van der Waals surface area contributed by atoms with Crippen molar-refractivity contribution in [1.29, 1.82) is 0 Å². The molecule has 1 aliphatic rings. The molecule has 1 aliphatic carbocycles. The molecule has 3 nitrogen and oxygen atoms in total. The summed E-state index contributed by atoms with van der Waals surface area (Å²) in [5, 5.41) is 9.81. The zero-order valence-electron chi connectivity index (χ0n) is 9.16. The summed E-state index contributed by atoms with van der Waals surface area (Å²) >= 11 is 0. The average Bonchev–Trinajstić information content (AvgIpc) is 2.80. The summed E-state index contributed by atoms with van der Waals surface area (Å²) < 4.78 is 21.8. The van der Waals surface area contributed by atoms with E-state index in [2.05, 4.69) is 0 Å². The molecule has 1 fully saturated rings. The van der Waals surface area contributed by atoms with Crippen LogP contribution in [0.4, 0.5) is 0 Å². The Morgan fingerprint density at radius 3 is 2.29 bits per heavy atom. The van der Waals surface area contributed by atoms with E-state index in [0.29, 0.717) is 6.42 Å². The Kier molecular flexibility index (Phi) is 3.26. The van der Waals surface area contributed by atoms with Crippen LogP contribution < -0.4 is 0 Å². The Balaban J connectivity index is 2.52.